The van der Waals surface area contributed by atoms with Crippen molar-refractivity contribution in [2.24, 2.45) is 10.7 Å². The van der Waals surface area contributed by atoms with Gasteiger partial charge < -0.3 is 10.6 Å². The van der Waals surface area contributed by atoms with E-state index in [4.69, 9.17) is 5.73 Å². The molecule has 2 aromatic rings. The highest BCUT2D eigenvalue weighted by Crippen LogP contribution is 2.30. The van der Waals surface area contributed by atoms with Gasteiger partial charge in [-0.05, 0) is 25.0 Å². The molecule has 2 amide bonds. The molecular weight excluding hydrogens is 338 g/mol. The molecule has 3 N–H and O–H groups in total. The number of carbonyl (C=O) groups is 2. The van der Waals surface area contributed by atoms with Crippen molar-refractivity contribution >= 4 is 29.1 Å². The number of guanidine groups is 1. The summed E-state index contributed by atoms with van der Waals surface area (Å²) in [6.45, 7) is 0.953. The van der Waals surface area contributed by atoms with Crippen LogP contribution in [0.4, 0.5) is 0 Å². The molecule has 25 heavy (non-hydrogen) atoms. The third-order valence-corrected chi connectivity index (χ3v) is 5.49. The lowest BCUT2D eigenvalue weighted by molar-refractivity contribution is -0.125. The first-order chi connectivity index (χ1) is 12.1. The van der Waals surface area contributed by atoms with Gasteiger partial charge in [0.15, 0.2) is 5.96 Å². The number of nitrogens with two attached hydrogens (primary N) is 1. The van der Waals surface area contributed by atoms with Crippen LogP contribution in [0.5, 0.6) is 0 Å². The minimum atomic E-state index is -0.802. The van der Waals surface area contributed by atoms with Crippen LogP contribution in [-0.4, -0.2) is 46.3 Å². The summed E-state index contributed by atoms with van der Waals surface area (Å²) in [5, 5.41) is 5.35. The van der Waals surface area contributed by atoms with Gasteiger partial charge in [0, 0.05) is 35.8 Å². The van der Waals surface area contributed by atoms with Gasteiger partial charge in [0.1, 0.15) is 10.5 Å². The number of benzene rings is 1. The van der Waals surface area contributed by atoms with Crippen molar-refractivity contribution in [3.05, 3.63) is 41.4 Å². The second-order valence-corrected chi connectivity index (χ2v) is 7.09. The number of piperidine rings is 1. The Morgan fingerprint density at radius 1 is 1.32 bits per heavy atom. The molecule has 0 unspecified atom stereocenters. The van der Waals surface area contributed by atoms with Gasteiger partial charge >= 0.3 is 0 Å². The van der Waals surface area contributed by atoms with Crippen molar-refractivity contribution in [1.82, 2.24) is 15.2 Å². The number of hydrogen-bond donors (Lipinski definition) is 2. The van der Waals surface area contributed by atoms with Crippen LogP contribution >= 0.6 is 11.3 Å². The highest BCUT2D eigenvalue weighted by atomic mass is 32.1. The van der Waals surface area contributed by atoms with E-state index < -0.39 is 5.54 Å². The zero-order valence-electron chi connectivity index (χ0n) is 13.4. The third kappa shape index (κ3) is 2.78. The SMILES string of the molecule is NC1=NC2(CCN(C(=O)c3cccc(-c4nccs4)c3)CC2)C(=O)N1. The summed E-state index contributed by atoms with van der Waals surface area (Å²) in [7, 11) is 0. The molecule has 2 aliphatic rings. The van der Waals surface area contributed by atoms with Gasteiger partial charge in [0.05, 0.1) is 0 Å². The van der Waals surface area contributed by atoms with Gasteiger partial charge in [-0.2, -0.15) is 0 Å². The highest BCUT2D eigenvalue weighted by Gasteiger charge is 2.46. The predicted molar refractivity (Wildman–Crippen MR) is 95.2 cm³/mol. The highest BCUT2D eigenvalue weighted by molar-refractivity contribution is 7.13. The minimum Gasteiger partial charge on any atom is -0.370 e. The van der Waals surface area contributed by atoms with E-state index in [2.05, 4.69) is 15.3 Å². The molecule has 7 nitrogen and oxygen atoms in total. The molecule has 128 valence electrons. The molecule has 0 radical (unpaired) electrons. The summed E-state index contributed by atoms with van der Waals surface area (Å²) in [5.41, 5.74) is 6.37. The van der Waals surface area contributed by atoms with Crippen molar-refractivity contribution < 1.29 is 9.59 Å². The Kier molecular flexibility index (Phi) is 3.76. The van der Waals surface area contributed by atoms with Crippen LogP contribution in [0.15, 0.2) is 40.8 Å². The number of amides is 2. The number of nitrogens with one attached hydrogen (secondary N) is 1. The maximum absolute atomic E-state index is 12.8. The minimum absolute atomic E-state index is 0.0383. The molecule has 0 atom stereocenters. The predicted octanol–water partition coefficient (Wildman–Crippen LogP) is 1.23. The molecule has 0 bridgehead atoms. The van der Waals surface area contributed by atoms with Crippen LogP contribution in [0.25, 0.3) is 10.6 Å². The van der Waals surface area contributed by atoms with E-state index in [1.165, 1.54) is 11.3 Å². The molecule has 1 spiro atoms. The molecule has 0 aliphatic carbocycles. The fourth-order valence-corrected chi connectivity index (χ4v) is 3.93. The van der Waals surface area contributed by atoms with Crippen molar-refractivity contribution in [3.8, 4) is 10.6 Å². The summed E-state index contributed by atoms with van der Waals surface area (Å²) in [6.07, 6.45) is 2.71. The van der Waals surface area contributed by atoms with E-state index in [1.807, 2.05) is 29.6 Å². The zero-order valence-corrected chi connectivity index (χ0v) is 14.3. The number of carbonyl (C=O) groups excluding carboxylic acids is 2. The number of nitrogens with zero attached hydrogens (tertiary/aromatic N) is 3. The van der Waals surface area contributed by atoms with Crippen LogP contribution in [0.3, 0.4) is 0 Å². The van der Waals surface area contributed by atoms with Gasteiger partial charge in [0.2, 0.25) is 0 Å². The molecule has 1 saturated heterocycles. The topological polar surface area (TPSA) is 101 Å². The molecule has 2 aliphatic heterocycles. The van der Waals surface area contributed by atoms with Gasteiger partial charge in [-0.3, -0.25) is 14.9 Å². The first-order valence-corrected chi connectivity index (χ1v) is 8.91. The summed E-state index contributed by atoms with van der Waals surface area (Å²) >= 11 is 1.54. The second kappa shape index (κ2) is 5.96. The monoisotopic (exact) mass is 355 g/mol. The lowest BCUT2D eigenvalue weighted by atomic mass is 9.87. The van der Waals surface area contributed by atoms with Gasteiger partial charge in [-0.15, -0.1) is 11.3 Å². The largest absolute Gasteiger partial charge is 0.370 e. The fourth-order valence-electron chi connectivity index (χ4n) is 3.29. The number of thiazole rings is 1. The van der Waals surface area contributed by atoms with Crippen LogP contribution in [0.2, 0.25) is 0 Å². The Bertz CT molecular complexity index is 854. The molecule has 3 heterocycles. The van der Waals surface area contributed by atoms with Crippen LogP contribution in [0, 0.1) is 0 Å². The molecule has 1 fully saturated rings. The van der Waals surface area contributed by atoms with Crippen LogP contribution in [-0.2, 0) is 4.79 Å². The van der Waals surface area contributed by atoms with E-state index in [1.54, 1.807) is 11.1 Å². The lowest BCUT2D eigenvalue weighted by Gasteiger charge is -2.35. The second-order valence-electron chi connectivity index (χ2n) is 6.19. The fraction of sp³-hybridized carbons (Fsp3) is 0.294. The summed E-state index contributed by atoms with van der Waals surface area (Å²) < 4.78 is 0. The quantitative estimate of drug-likeness (QED) is 0.846. The Morgan fingerprint density at radius 3 is 2.76 bits per heavy atom. The molecule has 1 aromatic heterocycles. The standard InChI is InChI=1S/C17H17N5O2S/c18-16-20-15(24)17(21-16)4-7-22(8-5-17)14(23)12-3-1-2-11(10-12)13-19-6-9-25-13/h1-3,6,9-10H,4-5,7-8H2,(H3,18,20,21,24). The van der Waals surface area contributed by atoms with E-state index in [0.717, 1.165) is 10.6 Å². The van der Waals surface area contributed by atoms with Gasteiger partial charge in [-0.1, -0.05) is 12.1 Å². The Hall–Kier alpha value is -2.74. The summed E-state index contributed by atoms with van der Waals surface area (Å²) in [4.78, 5) is 35.2. The average Bonchev–Trinajstić information content (AvgIpc) is 3.24. The normalized spacial score (nSPS) is 19.0. The third-order valence-electron chi connectivity index (χ3n) is 4.67. The Balaban J connectivity index is 1.50. The Morgan fingerprint density at radius 2 is 2.12 bits per heavy atom. The molecule has 0 saturated carbocycles. The smallest absolute Gasteiger partial charge is 0.254 e. The molecule has 1 aromatic carbocycles. The van der Waals surface area contributed by atoms with Gasteiger partial charge in [0.25, 0.3) is 11.8 Å². The van der Waals surface area contributed by atoms with E-state index in [0.29, 0.717) is 31.5 Å². The molecule has 4 rings (SSSR count). The van der Waals surface area contributed by atoms with Gasteiger partial charge in [-0.25, -0.2) is 9.98 Å². The molecular formula is C17H17N5O2S. The number of likely N-dealkylation sites (tertiary alicyclic amines) is 1. The average molecular weight is 355 g/mol. The number of aromatic nitrogens is 1. The summed E-state index contributed by atoms with van der Waals surface area (Å²) in [5.74, 6) is -0.0348. The number of rotatable bonds is 2. The van der Waals surface area contributed by atoms with E-state index in [9.17, 15) is 9.59 Å². The molecule has 8 heteroatoms. The van der Waals surface area contributed by atoms with Crippen LogP contribution in [0.1, 0.15) is 23.2 Å². The zero-order chi connectivity index (χ0) is 17.4. The van der Waals surface area contributed by atoms with Crippen molar-refractivity contribution in [1.29, 1.82) is 0 Å². The Labute approximate surface area is 148 Å². The van der Waals surface area contributed by atoms with Crippen molar-refractivity contribution in [3.63, 3.8) is 0 Å². The van der Waals surface area contributed by atoms with Crippen LogP contribution < -0.4 is 11.1 Å². The first-order valence-electron chi connectivity index (χ1n) is 8.03. The van der Waals surface area contributed by atoms with E-state index in [-0.39, 0.29) is 17.8 Å². The maximum atomic E-state index is 12.8. The lowest BCUT2D eigenvalue weighted by Crippen LogP contribution is -2.50. The maximum Gasteiger partial charge on any atom is 0.254 e. The number of hydrogen-bond acceptors (Lipinski definition) is 6. The first kappa shape index (κ1) is 15.8. The van der Waals surface area contributed by atoms with Crippen molar-refractivity contribution in [2.75, 3.05) is 13.1 Å². The number of aliphatic imine (C=N–C) groups is 1. The van der Waals surface area contributed by atoms with E-state index >= 15 is 0 Å². The van der Waals surface area contributed by atoms with Crippen molar-refractivity contribution in [2.45, 2.75) is 18.4 Å². The summed E-state index contributed by atoms with van der Waals surface area (Å²) in [6, 6.07) is 7.48.